The van der Waals surface area contributed by atoms with Crippen molar-refractivity contribution in [2.45, 2.75) is 12.3 Å². The van der Waals surface area contributed by atoms with E-state index >= 15 is 0 Å². The van der Waals surface area contributed by atoms with Crippen molar-refractivity contribution in [1.82, 2.24) is 0 Å². The van der Waals surface area contributed by atoms with Crippen molar-refractivity contribution in [2.75, 3.05) is 0 Å². The van der Waals surface area contributed by atoms with Gasteiger partial charge in [0.1, 0.15) is 5.17 Å². The number of rotatable bonds is 1. The SMILES string of the molecule is FC(F)(F)c1ccccc1C1N=C(Cl)c2ccccc2[N-]1. The van der Waals surface area contributed by atoms with Crippen molar-refractivity contribution >= 4 is 22.5 Å². The first-order chi connectivity index (χ1) is 9.97. The normalized spacial score (nSPS) is 17.7. The zero-order valence-electron chi connectivity index (χ0n) is 10.6. The molecule has 2 aromatic rings. The lowest BCUT2D eigenvalue weighted by atomic mass is 10.0. The van der Waals surface area contributed by atoms with Gasteiger partial charge in [0.25, 0.3) is 0 Å². The van der Waals surface area contributed by atoms with Crippen LogP contribution in [0.1, 0.15) is 22.9 Å². The average Bonchev–Trinajstić information content (AvgIpc) is 2.46. The van der Waals surface area contributed by atoms with Crippen LogP contribution in [0.4, 0.5) is 18.9 Å². The van der Waals surface area contributed by atoms with Crippen LogP contribution in [0.5, 0.6) is 0 Å². The summed E-state index contributed by atoms with van der Waals surface area (Å²) >= 11 is 6.07. The maximum absolute atomic E-state index is 13.1. The lowest BCUT2D eigenvalue weighted by Crippen LogP contribution is -2.13. The summed E-state index contributed by atoms with van der Waals surface area (Å²) < 4.78 is 39.2. The van der Waals surface area contributed by atoms with Crippen molar-refractivity contribution in [1.29, 1.82) is 0 Å². The van der Waals surface area contributed by atoms with Crippen molar-refractivity contribution in [3.63, 3.8) is 0 Å². The molecule has 0 aliphatic carbocycles. The van der Waals surface area contributed by atoms with Crippen LogP contribution >= 0.6 is 11.6 Å². The highest BCUT2D eigenvalue weighted by atomic mass is 35.5. The molecule has 0 saturated heterocycles. The summed E-state index contributed by atoms with van der Waals surface area (Å²) in [4.78, 5) is 4.08. The number of alkyl halides is 3. The lowest BCUT2D eigenvalue weighted by Gasteiger charge is -2.37. The molecule has 3 rings (SSSR count). The van der Waals surface area contributed by atoms with E-state index in [4.69, 9.17) is 11.6 Å². The second kappa shape index (κ2) is 5.07. The lowest BCUT2D eigenvalue weighted by molar-refractivity contribution is -0.138. The molecule has 21 heavy (non-hydrogen) atoms. The van der Waals surface area contributed by atoms with Crippen LogP contribution in [0.3, 0.4) is 0 Å². The monoisotopic (exact) mass is 309 g/mol. The Balaban J connectivity index is 2.07. The Bertz CT molecular complexity index is 710. The van der Waals surface area contributed by atoms with Gasteiger partial charge in [-0.15, -0.1) is 5.69 Å². The second-order valence-electron chi connectivity index (χ2n) is 4.52. The van der Waals surface area contributed by atoms with Crippen molar-refractivity contribution in [3.8, 4) is 0 Å². The molecule has 1 atom stereocenters. The van der Waals surface area contributed by atoms with E-state index in [1.807, 2.05) is 0 Å². The molecule has 0 saturated carbocycles. The zero-order valence-corrected chi connectivity index (χ0v) is 11.4. The van der Waals surface area contributed by atoms with Crippen LogP contribution in [0.15, 0.2) is 53.5 Å². The molecule has 2 aromatic carbocycles. The summed E-state index contributed by atoms with van der Waals surface area (Å²) in [6.45, 7) is 0. The van der Waals surface area contributed by atoms with Gasteiger partial charge < -0.3 is 5.32 Å². The Labute approximate surface area is 124 Å². The molecule has 0 spiro atoms. The number of para-hydroxylation sites is 1. The summed E-state index contributed by atoms with van der Waals surface area (Å²) in [5.74, 6) is 0. The van der Waals surface area contributed by atoms with Gasteiger partial charge in [0.15, 0.2) is 0 Å². The third kappa shape index (κ3) is 2.61. The van der Waals surface area contributed by atoms with Gasteiger partial charge in [-0.3, -0.25) is 4.99 Å². The quantitative estimate of drug-likeness (QED) is 0.673. The molecule has 1 aliphatic rings. The number of aliphatic imine (C=N–C) groups is 1. The van der Waals surface area contributed by atoms with Crippen LogP contribution in [0.2, 0.25) is 0 Å². The number of hydrogen-bond donors (Lipinski definition) is 0. The molecule has 2 nitrogen and oxygen atoms in total. The smallest absolute Gasteiger partial charge is 0.416 e. The van der Waals surface area contributed by atoms with Crippen molar-refractivity contribution < 1.29 is 13.2 Å². The minimum absolute atomic E-state index is 0.00217. The molecule has 108 valence electrons. The van der Waals surface area contributed by atoms with Crippen LogP contribution in [0, 0.1) is 0 Å². The molecule has 1 heterocycles. The summed E-state index contributed by atoms with van der Waals surface area (Å²) in [6.07, 6.45) is -5.43. The van der Waals surface area contributed by atoms with Gasteiger partial charge in [0.2, 0.25) is 0 Å². The molecule has 0 N–H and O–H groups in total. The van der Waals surface area contributed by atoms with E-state index < -0.39 is 17.9 Å². The first-order valence-electron chi connectivity index (χ1n) is 6.16. The molecular formula is C15H9ClF3N2-. The van der Waals surface area contributed by atoms with Gasteiger partial charge in [0.05, 0.1) is 5.56 Å². The molecule has 0 bridgehead atoms. The molecule has 1 unspecified atom stereocenters. The zero-order chi connectivity index (χ0) is 15.0. The van der Waals surface area contributed by atoms with E-state index in [0.717, 1.165) is 6.07 Å². The number of fused-ring (bicyclic) bond motifs is 1. The van der Waals surface area contributed by atoms with E-state index in [-0.39, 0.29) is 10.7 Å². The fourth-order valence-electron chi connectivity index (χ4n) is 2.22. The number of hydrogen-bond acceptors (Lipinski definition) is 1. The predicted molar refractivity (Wildman–Crippen MR) is 76.0 cm³/mol. The van der Waals surface area contributed by atoms with Gasteiger partial charge in [-0.1, -0.05) is 54.1 Å². The Morgan fingerprint density at radius 3 is 2.43 bits per heavy atom. The van der Waals surface area contributed by atoms with Crippen molar-refractivity contribution in [2.24, 2.45) is 4.99 Å². The molecule has 0 radical (unpaired) electrons. The van der Waals surface area contributed by atoms with Gasteiger partial charge in [0, 0.05) is 6.17 Å². The summed E-state index contributed by atoms with van der Waals surface area (Å²) in [5, 5.41) is 4.44. The number of halogens is 4. The van der Waals surface area contributed by atoms with Gasteiger partial charge in [-0.2, -0.15) is 13.2 Å². The average molecular weight is 310 g/mol. The predicted octanol–water partition coefficient (Wildman–Crippen LogP) is 5.41. The van der Waals surface area contributed by atoms with Crippen LogP contribution in [0.25, 0.3) is 5.32 Å². The minimum Gasteiger partial charge on any atom is -0.659 e. The van der Waals surface area contributed by atoms with E-state index in [1.165, 1.54) is 18.2 Å². The molecule has 0 amide bonds. The Hall–Kier alpha value is -2.01. The minimum atomic E-state index is -4.45. The number of benzene rings is 2. The van der Waals surface area contributed by atoms with Crippen LogP contribution in [-0.4, -0.2) is 5.17 Å². The summed E-state index contributed by atoms with van der Waals surface area (Å²) in [5.41, 5.74) is 0.420. The molecule has 1 aliphatic heterocycles. The standard InChI is InChI=1S/C15H9ClF3N2/c16-13-10-6-2-4-8-12(10)20-14(21-13)9-5-1-3-7-11(9)15(17,18)19/h1-8,14H/q-1. The Morgan fingerprint density at radius 2 is 1.67 bits per heavy atom. The third-order valence-corrected chi connectivity index (χ3v) is 3.47. The second-order valence-corrected chi connectivity index (χ2v) is 4.88. The molecule has 0 aromatic heterocycles. The molecular weight excluding hydrogens is 301 g/mol. The Morgan fingerprint density at radius 1 is 1.00 bits per heavy atom. The highest BCUT2D eigenvalue weighted by Gasteiger charge is 2.33. The highest BCUT2D eigenvalue weighted by molar-refractivity contribution is 6.70. The summed E-state index contributed by atoms with van der Waals surface area (Å²) in [6, 6.07) is 12.2. The first kappa shape index (κ1) is 13.9. The van der Waals surface area contributed by atoms with E-state index in [1.54, 1.807) is 24.3 Å². The van der Waals surface area contributed by atoms with Crippen molar-refractivity contribution in [3.05, 3.63) is 70.5 Å². The maximum atomic E-state index is 13.1. The van der Waals surface area contributed by atoms with Gasteiger partial charge in [-0.25, -0.2) is 0 Å². The summed E-state index contributed by atoms with van der Waals surface area (Å²) in [7, 11) is 0. The van der Waals surface area contributed by atoms with E-state index in [0.29, 0.717) is 11.3 Å². The molecule has 0 fully saturated rings. The first-order valence-corrected chi connectivity index (χ1v) is 6.54. The fraction of sp³-hybridized carbons (Fsp3) is 0.133. The largest absolute Gasteiger partial charge is 0.659 e. The molecule has 6 heteroatoms. The third-order valence-electron chi connectivity index (χ3n) is 3.17. The van der Waals surface area contributed by atoms with Crippen LogP contribution < -0.4 is 0 Å². The maximum Gasteiger partial charge on any atom is 0.416 e. The van der Waals surface area contributed by atoms with E-state index in [2.05, 4.69) is 10.3 Å². The fourth-order valence-corrected chi connectivity index (χ4v) is 2.47. The van der Waals surface area contributed by atoms with Crippen LogP contribution in [-0.2, 0) is 6.18 Å². The highest BCUT2D eigenvalue weighted by Crippen LogP contribution is 2.44. The number of nitrogens with zero attached hydrogens (tertiary/aromatic N) is 2. The van der Waals surface area contributed by atoms with Gasteiger partial charge >= 0.3 is 6.18 Å². The Kier molecular flexibility index (Phi) is 3.37. The topological polar surface area (TPSA) is 26.5 Å². The van der Waals surface area contributed by atoms with Gasteiger partial charge in [-0.05, 0) is 17.2 Å². The van der Waals surface area contributed by atoms with E-state index in [9.17, 15) is 13.2 Å².